The molecule has 2 aliphatic rings. The molecule has 0 aromatic heterocycles. The van der Waals surface area contributed by atoms with Gasteiger partial charge in [0.05, 0.1) is 16.9 Å². The lowest BCUT2D eigenvalue weighted by atomic mass is 9.76. The largest absolute Gasteiger partial charge is 0.381 e. The molecule has 4 heteroatoms. The van der Waals surface area contributed by atoms with Crippen LogP contribution in [-0.2, 0) is 0 Å². The van der Waals surface area contributed by atoms with Gasteiger partial charge in [-0.25, -0.2) is 8.78 Å². The van der Waals surface area contributed by atoms with Gasteiger partial charge in [-0.1, -0.05) is 6.92 Å². The van der Waals surface area contributed by atoms with Crippen LogP contribution in [0.5, 0.6) is 0 Å². The normalized spacial score (nSPS) is 30.5. The third-order valence-corrected chi connectivity index (χ3v) is 4.33. The molecule has 1 heterocycles. The second kappa shape index (κ2) is 4.11. The van der Waals surface area contributed by atoms with Crippen LogP contribution in [-0.4, -0.2) is 12.1 Å². The minimum atomic E-state index is -0.788. The molecule has 0 saturated heterocycles. The van der Waals surface area contributed by atoms with E-state index >= 15 is 0 Å². The summed E-state index contributed by atoms with van der Waals surface area (Å²) in [5.41, 5.74) is 0.864. The molecule has 1 spiro atoms. The van der Waals surface area contributed by atoms with Crippen LogP contribution in [0.15, 0.2) is 12.1 Å². The van der Waals surface area contributed by atoms with Crippen molar-refractivity contribution in [2.75, 3.05) is 17.2 Å². The van der Waals surface area contributed by atoms with Crippen molar-refractivity contribution in [3.05, 3.63) is 23.8 Å². The summed E-state index contributed by atoms with van der Waals surface area (Å²) in [6, 6.07) is 2.77. The van der Waals surface area contributed by atoms with Crippen molar-refractivity contribution in [2.45, 2.75) is 38.1 Å². The molecule has 1 aromatic carbocycles. The van der Waals surface area contributed by atoms with Crippen LogP contribution in [0, 0.1) is 17.6 Å². The van der Waals surface area contributed by atoms with E-state index < -0.39 is 11.6 Å². The monoisotopic (exact) mass is 252 g/mol. The minimum absolute atomic E-state index is 0.103. The second-order valence-corrected chi connectivity index (χ2v) is 5.73. The van der Waals surface area contributed by atoms with E-state index in [9.17, 15) is 8.78 Å². The predicted octanol–water partition coefficient (Wildman–Crippen LogP) is 3.75. The average molecular weight is 252 g/mol. The third-order valence-electron chi connectivity index (χ3n) is 4.33. The molecule has 1 aliphatic carbocycles. The average Bonchev–Trinajstić information content (AvgIpc) is 2.39. The number of nitrogens with one attached hydrogen (secondary N) is 2. The van der Waals surface area contributed by atoms with E-state index in [-0.39, 0.29) is 5.54 Å². The predicted molar refractivity (Wildman–Crippen MR) is 68.8 cm³/mol. The smallest absolute Gasteiger partial charge is 0.184 e. The summed E-state index contributed by atoms with van der Waals surface area (Å²) in [7, 11) is 0. The SMILES string of the molecule is CC1CCC2(CC1)CNc1ccc(F)c(F)c1N2. The van der Waals surface area contributed by atoms with Gasteiger partial charge in [-0.15, -0.1) is 0 Å². The molecule has 18 heavy (non-hydrogen) atoms. The van der Waals surface area contributed by atoms with E-state index in [0.717, 1.165) is 38.1 Å². The molecule has 0 radical (unpaired) electrons. The fourth-order valence-electron chi connectivity index (χ4n) is 3.01. The van der Waals surface area contributed by atoms with Gasteiger partial charge in [0.1, 0.15) is 0 Å². The first-order valence-corrected chi connectivity index (χ1v) is 6.60. The topological polar surface area (TPSA) is 24.1 Å². The van der Waals surface area contributed by atoms with Gasteiger partial charge in [-0.3, -0.25) is 0 Å². The molecular formula is C14H18F2N2. The van der Waals surface area contributed by atoms with Crippen LogP contribution in [0.2, 0.25) is 0 Å². The summed E-state index contributed by atoms with van der Waals surface area (Å²) in [5, 5.41) is 6.50. The van der Waals surface area contributed by atoms with E-state index in [2.05, 4.69) is 17.6 Å². The summed E-state index contributed by atoms with van der Waals surface area (Å²) in [4.78, 5) is 0. The third kappa shape index (κ3) is 1.84. The molecule has 1 fully saturated rings. The summed E-state index contributed by atoms with van der Waals surface area (Å²) >= 11 is 0. The van der Waals surface area contributed by atoms with Gasteiger partial charge in [0.15, 0.2) is 11.6 Å². The van der Waals surface area contributed by atoms with Gasteiger partial charge in [0.2, 0.25) is 0 Å². The Hall–Kier alpha value is -1.32. The summed E-state index contributed by atoms with van der Waals surface area (Å²) in [5.74, 6) is -0.821. The van der Waals surface area contributed by atoms with Crippen LogP contribution >= 0.6 is 0 Å². The molecule has 0 amide bonds. The van der Waals surface area contributed by atoms with Gasteiger partial charge in [-0.05, 0) is 43.7 Å². The molecule has 1 aliphatic heterocycles. The number of rotatable bonds is 0. The van der Waals surface area contributed by atoms with Crippen molar-refractivity contribution in [3.63, 3.8) is 0 Å². The lowest BCUT2D eigenvalue weighted by molar-refractivity contribution is 0.273. The highest BCUT2D eigenvalue weighted by Crippen LogP contribution is 2.41. The second-order valence-electron chi connectivity index (χ2n) is 5.73. The Morgan fingerprint density at radius 3 is 2.67 bits per heavy atom. The van der Waals surface area contributed by atoms with E-state index in [0.29, 0.717) is 11.4 Å². The van der Waals surface area contributed by atoms with E-state index in [1.54, 1.807) is 6.07 Å². The Bertz CT molecular complexity index is 465. The number of hydrogen-bond acceptors (Lipinski definition) is 2. The number of anilines is 2. The minimum Gasteiger partial charge on any atom is -0.381 e. The molecule has 0 unspecified atom stereocenters. The van der Waals surface area contributed by atoms with E-state index in [4.69, 9.17) is 0 Å². The molecule has 2 N–H and O–H groups in total. The van der Waals surface area contributed by atoms with Crippen molar-refractivity contribution in [1.29, 1.82) is 0 Å². The van der Waals surface area contributed by atoms with Gasteiger partial charge < -0.3 is 10.6 Å². The van der Waals surface area contributed by atoms with Crippen molar-refractivity contribution in [3.8, 4) is 0 Å². The highest BCUT2D eigenvalue weighted by atomic mass is 19.2. The molecule has 3 rings (SSSR count). The maximum atomic E-state index is 13.8. The van der Waals surface area contributed by atoms with Crippen LogP contribution < -0.4 is 10.6 Å². The van der Waals surface area contributed by atoms with Crippen LogP contribution in [0.25, 0.3) is 0 Å². The zero-order valence-electron chi connectivity index (χ0n) is 10.5. The van der Waals surface area contributed by atoms with Crippen molar-refractivity contribution in [2.24, 2.45) is 5.92 Å². The Morgan fingerprint density at radius 1 is 1.22 bits per heavy atom. The Balaban J connectivity index is 1.90. The molecule has 2 nitrogen and oxygen atoms in total. The van der Waals surface area contributed by atoms with Gasteiger partial charge in [-0.2, -0.15) is 0 Å². The van der Waals surface area contributed by atoms with Gasteiger partial charge in [0, 0.05) is 6.54 Å². The van der Waals surface area contributed by atoms with Gasteiger partial charge in [0.25, 0.3) is 0 Å². The number of hydrogen-bond donors (Lipinski definition) is 2. The number of benzene rings is 1. The first-order valence-electron chi connectivity index (χ1n) is 6.60. The lowest BCUT2D eigenvalue weighted by Gasteiger charge is -2.44. The molecule has 0 bridgehead atoms. The summed E-state index contributed by atoms with van der Waals surface area (Å²) in [6.45, 7) is 3.04. The Kier molecular flexibility index (Phi) is 2.68. The van der Waals surface area contributed by atoms with Crippen LogP contribution in [0.1, 0.15) is 32.6 Å². The first kappa shape index (κ1) is 11.8. The fraction of sp³-hybridized carbons (Fsp3) is 0.571. The van der Waals surface area contributed by atoms with Crippen LogP contribution in [0.4, 0.5) is 20.2 Å². The molecule has 0 atom stereocenters. The lowest BCUT2D eigenvalue weighted by Crippen LogP contribution is -2.50. The molecular weight excluding hydrogens is 234 g/mol. The van der Waals surface area contributed by atoms with Crippen molar-refractivity contribution in [1.82, 2.24) is 0 Å². The van der Waals surface area contributed by atoms with Crippen molar-refractivity contribution < 1.29 is 8.78 Å². The van der Waals surface area contributed by atoms with Crippen LogP contribution in [0.3, 0.4) is 0 Å². The maximum absolute atomic E-state index is 13.8. The Morgan fingerprint density at radius 2 is 1.94 bits per heavy atom. The number of fused-ring (bicyclic) bond motifs is 1. The summed E-state index contributed by atoms with van der Waals surface area (Å²) < 4.78 is 27.1. The quantitative estimate of drug-likeness (QED) is 0.734. The summed E-state index contributed by atoms with van der Waals surface area (Å²) in [6.07, 6.45) is 4.30. The Labute approximate surface area is 106 Å². The number of halogens is 2. The maximum Gasteiger partial charge on any atom is 0.184 e. The zero-order chi connectivity index (χ0) is 12.8. The van der Waals surface area contributed by atoms with E-state index in [1.165, 1.54) is 6.07 Å². The zero-order valence-corrected chi connectivity index (χ0v) is 10.5. The molecule has 1 saturated carbocycles. The van der Waals surface area contributed by atoms with Crippen molar-refractivity contribution >= 4 is 11.4 Å². The molecule has 98 valence electrons. The van der Waals surface area contributed by atoms with E-state index in [1.807, 2.05) is 0 Å². The molecule has 1 aromatic rings. The fourth-order valence-corrected chi connectivity index (χ4v) is 3.01. The first-order chi connectivity index (χ1) is 8.60. The standard InChI is InChI=1S/C14H18F2N2/c1-9-4-6-14(7-5-9)8-17-11-3-2-10(15)12(16)13(11)18-14/h2-3,9,17-18H,4-8H2,1H3. The highest BCUT2D eigenvalue weighted by Gasteiger charge is 2.38. The van der Waals surface area contributed by atoms with Gasteiger partial charge >= 0.3 is 0 Å². The highest BCUT2D eigenvalue weighted by molar-refractivity contribution is 5.73.